The van der Waals surface area contributed by atoms with E-state index in [1.165, 1.54) is 20.8 Å². The second-order valence-corrected chi connectivity index (χ2v) is 16.2. The van der Waals surface area contributed by atoms with E-state index in [0.29, 0.717) is 6.42 Å². The quantitative estimate of drug-likeness (QED) is 0.144. The van der Waals surface area contributed by atoms with Crippen LogP contribution in [0.3, 0.4) is 0 Å². The van der Waals surface area contributed by atoms with Crippen molar-refractivity contribution in [2.24, 2.45) is 63.4 Å². The monoisotopic (exact) mass is 635 g/mol. The number of esters is 3. The van der Waals surface area contributed by atoms with Gasteiger partial charge in [-0.1, -0.05) is 20.8 Å². The highest BCUT2D eigenvalue weighted by Gasteiger charge is 2.93. The Morgan fingerprint density at radius 3 is 2.20 bits per heavy atom. The molecule has 5 aliphatic carbocycles. The second kappa shape index (κ2) is 8.58. The molecule has 6 N–H and O–H groups in total. The normalized spacial score (nSPS) is 64.6. The number of nitrogens with two attached hydrogens (primary N) is 1. The number of fused-ring (bicyclic) bond motifs is 9. The van der Waals surface area contributed by atoms with Crippen molar-refractivity contribution in [3.8, 4) is 0 Å². The van der Waals surface area contributed by atoms with Crippen LogP contribution in [0.5, 0.6) is 0 Å². The minimum absolute atomic E-state index is 0.205. The third kappa shape index (κ3) is 3.09. The number of aliphatic hydroxyl groups excluding tert-OH is 3. The molecule has 8 rings (SSSR count). The van der Waals surface area contributed by atoms with Crippen molar-refractivity contribution >= 4 is 17.9 Å². The number of rotatable bonds is 2. The number of aliphatic hydroxyl groups is 4. The molecule has 13 nitrogen and oxygen atoms in total. The van der Waals surface area contributed by atoms with Crippen molar-refractivity contribution in [2.45, 2.75) is 121 Å². The lowest BCUT2D eigenvalue weighted by molar-refractivity contribution is -0.283. The number of carbonyl (C=O) groups excluding carboxylic acids is 3. The maximum absolute atomic E-state index is 13.2. The average molecular weight is 636 g/mol. The minimum Gasteiger partial charge on any atom is -0.458 e. The Morgan fingerprint density at radius 1 is 0.933 bits per heavy atom. The van der Waals surface area contributed by atoms with E-state index in [9.17, 15) is 34.8 Å². The summed E-state index contributed by atoms with van der Waals surface area (Å²) in [5.74, 6) is -8.23. The summed E-state index contributed by atoms with van der Waals surface area (Å²) in [4.78, 5) is 39.0. The van der Waals surface area contributed by atoms with Gasteiger partial charge < -0.3 is 49.8 Å². The summed E-state index contributed by atoms with van der Waals surface area (Å²) < 4.78 is 30.1. The van der Waals surface area contributed by atoms with Crippen LogP contribution >= 0.6 is 0 Å². The first-order valence-electron chi connectivity index (χ1n) is 16.3. The lowest BCUT2D eigenvalue weighted by Crippen LogP contribution is -2.76. The van der Waals surface area contributed by atoms with Gasteiger partial charge in [0.2, 0.25) is 5.79 Å². The van der Waals surface area contributed by atoms with E-state index in [1.807, 2.05) is 20.8 Å². The minimum atomic E-state index is -2.04. The van der Waals surface area contributed by atoms with Gasteiger partial charge in [0.05, 0.1) is 29.8 Å². The molecule has 0 aromatic rings. The van der Waals surface area contributed by atoms with Gasteiger partial charge in [-0.3, -0.25) is 9.59 Å². The van der Waals surface area contributed by atoms with Crippen molar-refractivity contribution < 1.29 is 58.5 Å². The zero-order valence-electron chi connectivity index (χ0n) is 26.6. The molecule has 3 aliphatic heterocycles. The second-order valence-electron chi connectivity index (χ2n) is 16.2. The summed E-state index contributed by atoms with van der Waals surface area (Å²) in [6, 6.07) is -0.811. The van der Waals surface area contributed by atoms with Gasteiger partial charge in [-0.2, -0.15) is 0 Å². The van der Waals surface area contributed by atoms with Crippen LogP contribution in [0.1, 0.15) is 54.9 Å². The van der Waals surface area contributed by atoms with Gasteiger partial charge >= 0.3 is 17.9 Å². The fraction of sp³-hybridized carbons (Fsp3) is 0.906. The van der Waals surface area contributed by atoms with Crippen LogP contribution in [0.4, 0.5) is 0 Å². The predicted octanol–water partition coefficient (Wildman–Crippen LogP) is -0.760. The zero-order valence-corrected chi connectivity index (χ0v) is 26.6. The highest BCUT2D eigenvalue weighted by Crippen LogP contribution is 2.80. The van der Waals surface area contributed by atoms with E-state index < -0.39 is 130 Å². The summed E-state index contributed by atoms with van der Waals surface area (Å²) in [5, 5.41) is 48.6. The molecule has 0 amide bonds. The molecule has 8 fully saturated rings. The Hall–Kier alpha value is -1.87. The van der Waals surface area contributed by atoms with E-state index in [2.05, 4.69) is 0 Å². The van der Waals surface area contributed by atoms with Gasteiger partial charge in [0.15, 0.2) is 5.60 Å². The Morgan fingerprint density at radius 2 is 1.58 bits per heavy atom. The van der Waals surface area contributed by atoms with Crippen LogP contribution in [0.2, 0.25) is 0 Å². The standard InChI is InChI=1S/C32H45NO12/c1-9-15-18(30(6)31(7,40)27(39)45-32(30)25(9)44-32)21(37)16-14-17(23(41-10(2)34)26(29(15,16)5)42-11(3)35)28(4)12(19(33)20(14)36)8-13-22(43-13)24(28)38/h9,12-26,36-38,40H,8,33H2,1-7H3/t9-,12+,13-,14?,15-,16+,17?,18-,19+,20+,21+,22-,23-,24-,25+,26-,28-,29+,30-,31+,32-/m0/s1. The van der Waals surface area contributed by atoms with Crippen LogP contribution in [-0.2, 0) is 38.1 Å². The maximum atomic E-state index is 13.2. The van der Waals surface area contributed by atoms with Crippen molar-refractivity contribution in [1.82, 2.24) is 0 Å². The Labute approximate surface area is 261 Å². The number of ether oxygens (including phenoxy) is 5. The van der Waals surface area contributed by atoms with Crippen molar-refractivity contribution in [3.05, 3.63) is 0 Å². The largest absolute Gasteiger partial charge is 0.458 e. The third-order valence-electron chi connectivity index (χ3n) is 14.8. The molecule has 21 atom stereocenters. The lowest BCUT2D eigenvalue weighted by Gasteiger charge is -2.67. The zero-order chi connectivity index (χ0) is 32.7. The fourth-order valence-corrected chi connectivity index (χ4v) is 12.9. The molecule has 1 spiro atoms. The first-order valence-corrected chi connectivity index (χ1v) is 16.3. The SMILES string of the molecule is CC(=O)O[C@H]1C2C([C@@H](O)[C@H](N)[C@H]3C[C@@H]4O[C@@H]4[C@H](O)[C@]23C)[C@@H]2[C@@H](O)[C@@H]3[C@H]([C@H](C)[C@H]4O[C@]45OC(=O)[C@@](C)(O)[C@]35C)[C@@]2(C)[C@H]1OC(C)=O. The molecule has 3 saturated heterocycles. The molecule has 3 heterocycles. The number of carbonyl (C=O) groups is 3. The number of epoxide rings is 2. The predicted molar refractivity (Wildman–Crippen MR) is 149 cm³/mol. The molecule has 0 aromatic carbocycles. The van der Waals surface area contributed by atoms with Crippen LogP contribution in [-0.4, -0.2) is 105 Å². The molecule has 45 heavy (non-hydrogen) atoms. The molecule has 0 aromatic heterocycles. The fourth-order valence-electron chi connectivity index (χ4n) is 12.9. The van der Waals surface area contributed by atoms with Crippen LogP contribution in [0, 0.1) is 57.7 Å². The molecule has 13 heteroatoms. The number of hydrogen-bond acceptors (Lipinski definition) is 13. The van der Waals surface area contributed by atoms with E-state index in [0.717, 1.165) is 0 Å². The Balaban J connectivity index is 1.37. The van der Waals surface area contributed by atoms with Crippen molar-refractivity contribution in [3.63, 3.8) is 0 Å². The van der Waals surface area contributed by atoms with Gasteiger partial charge in [0.25, 0.3) is 0 Å². The highest BCUT2D eigenvalue weighted by atomic mass is 16.8. The van der Waals surface area contributed by atoms with Crippen LogP contribution < -0.4 is 5.73 Å². The van der Waals surface area contributed by atoms with Crippen molar-refractivity contribution in [2.75, 3.05) is 0 Å². The van der Waals surface area contributed by atoms with Gasteiger partial charge in [-0.05, 0) is 43.9 Å². The molecular formula is C32H45NO12. The summed E-state index contributed by atoms with van der Waals surface area (Å²) in [6.45, 7) is 11.3. The Kier molecular flexibility index (Phi) is 5.81. The summed E-state index contributed by atoms with van der Waals surface area (Å²) in [5.41, 5.74) is 1.14. The molecule has 2 unspecified atom stereocenters. The smallest absolute Gasteiger partial charge is 0.341 e. The highest BCUT2D eigenvalue weighted by molar-refractivity contribution is 5.84. The molecule has 5 saturated carbocycles. The van der Waals surface area contributed by atoms with E-state index in [4.69, 9.17) is 29.4 Å². The molecule has 0 radical (unpaired) electrons. The lowest BCUT2D eigenvalue weighted by atomic mass is 9.40. The van der Waals surface area contributed by atoms with E-state index in [1.54, 1.807) is 6.92 Å². The molecular weight excluding hydrogens is 590 g/mol. The van der Waals surface area contributed by atoms with E-state index in [-0.39, 0.29) is 12.0 Å². The molecule has 8 aliphatic rings. The summed E-state index contributed by atoms with van der Waals surface area (Å²) >= 11 is 0. The summed E-state index contributed by atoms with van der Waals surface area (Å²) in [6.07, 6.45) is -6.54. The van der Waals surface area contributed by atoms with E-state index >= 15 is 0 Å². The van der Waals surface area contributed by atoms with Gasteiger partial charge in [0, 0.05) is 48.5 Å². The van der Waals surface area contributed by atoms with Crippen LogP contribution in [0.15, 0.2) is 0 Å². The first-order chi connectivity index (χ1) is 20.8. The van der Waals surface area contributed by atoms with Gasteiger partial charge in [-0.15, -0.1) is 0 Å². The Bertz CT molecular complexity index is 1390. The average Bonchev–Trinajstić information content (AvgIpc) is 3.85. The third-order valence-corrected chi connectivity index (χ3v) is 14.8. The number of hydrogen-bond donors (Lipinski definition) is 5. The molecule has 0 bridgehead atoms. The van der Waals surface area contributed by atoms with Crippen molar-refractivity contribution in [1.29, 1.82) is 0 Å². The first kappa shape index (κ1) is 30.5. The van der Waals surface area contributed by atoms with Gasteiger partial charge in [0.1, 0.15) is 24.4 Å². The van der Waals surface area contributed by atoms with Crippen LogP contribution in [0.25, 0.3) is 0 Å². The molecule has 250 valence electrons. The topological polar surface area (TPSA) is 211 Å². The summed E-state index contributed by atoms with van der Waals surface area (Å²) in [7, 11) is 0. The van der Waals surface area contributed by atoms with Gasteiger partial charge in [-0.25, -0.2) is 4.79 Å². The maximum Gasteiger partial charge on any atom is 0.341 e.